The second-order valence-electron chi connectivity index (χ2n) is 6.39. The SMILES string of the molecule is NC(=O)c1ccc(CN2CC[C@@H]3CCCC[C@@H]3C2)cc1. The fourth-order valence-corrected chi connectivity index (χ4v) is 3.85. The topological polar surface area (TPSA) is 46.3 Å². The molecule has 0 aromatic heterocycles. The third kappa shape index (κ3) is 3.04. The molecule has 1 aromatic rings. The molecule has 2 fully saturated rings. The Morgan fingerprint density at radius 1 is 1.10 bits per heavy atom. The Balaban J connectivity index is 1.59. The van der Waals surface area contributed by atoms with Crippen LogP contribution in [0.15, 0.2) is 24.3 Å². The molecule has 3 heteroatoms. The number of nitrogens with two attached hydrogens (primary N) is 1. The molecule has 2 N–H and O–H groups in total. The van der Waals surface area contributed by atoms with Crippen molar-refractivity contribution >= 4 is 5.91 Å². The van der Waals surface area contributed by atoms with Crippen LogP contribution in [0.25, 0.3) is 0 Å². The standard InChI is InChI=1S/C17H24N2O/c18-17(20)15-7-5-13(6-8-15)11-19-10-9-14-3-1-2-4-16(14)12-19/h5-8,14,16H,1-4,9-12H2,(H2,18,20)/t14-,16+/m0/s1. The molecule has 20 heavy (non-hydrogen) atoms. The molecule has 2 atom stereocenters. The van der Waals surface area contributed by atoms with Crippen molar-refractivity contribution in [3.05, 3.63) is 35.4 Å². The van der Waals surface area contributed by atoms with E-state index in [2.05, 4.69) is 4.90 Å². The lowest BCUT2D eigenvalue weighted by molar-refractivity contribution is 0.0820. The number of amides is 1. The number of rotatable bonds is 3. The Morgan fingerprint density at radius 3 is 2.50 bits per heavy atom. The van der Waals surface area contributed by atoms with E-state index >= 15 is 0 Å². The van der Waals surface area contributed by atoms with Crippen molar-refractivity contribution in [3.8, 4) is 0 Å². The van der Waals surface area contributed by atoms with Crippen molar-refractivity contribution in [2.75, 3.05) is 13.1 Å². The summed E-state index contributed by atoms with van der Waals surface area (Å²) in [6.45, 7) is 3.48. The summed E-state index contributed by atoms with van der Waals surface area (Å²) in [6.07, 6.45) is 7.09. The van der Waals surface area contributed by atoms with E-state index in [1.165, 1.54) is 50.8 Å². The number of likely N-dealkylation sites (tertiary alicyclic amines) is 1. The Hall–Kier alpha value is -1.35. The zero-order valence-corrected chi connectivity index (χ0v) is 12.1. The van der Waals surface area contributed by atoms with Gasteiger partial charge in [0.2, 0.25) is 5.91 Å². The molecular formula is C17H24N2O. The molecule has 2 aliphatic rings. The summed E-state index contributed by atoms with van der Waals surface area (Å²) in [4.78, 5) is 13.6. The smallest absolute Gasteiger partial charge is 0.248 e. The van der Waals surface area contributed by atoms with Gasteiger partial charge in [0.05, 0.1) is 0 Å². The Labute approximate surface area is 121 Å². The maximum absolute atomic E-state index is 11.1. The molecule has 0 radical (unpaired) electrons. The molecule has 108 valence electrons. The summed E-state index contributed by atoms with van der Waals surface area (Å²) >= 11 is 0. The highest BCUT2D eigenvalue weighted by atomic mass is 16.1. The van der Waals surface area contributed by atoms with E-state index < -0.39 is 0 Å². The van der Waals surface area contributed by atoms with Gasteiger partial charge in [-0.15, -0.1) is 0 Å². The van der Waals surface area contributed by atoms with Gasteiger partial charge in [-0.25, -0.2) is 0 Å². The minimum atomic E-state index is -0.348. The van der Waals surface area contributed by atoms with Crippen molar-refractivity contribution in [1.29, 1.82) is 0 Å². The van der Waals surface area contributed by atoms with Crippen LogP contribution in [0, 0.1) is 11.8 Å². The normalized spacial score (nSPS) is 27.0. The Bertz CT molecular complexity index is 468. The summed E-state index contributed by atoms with van der Waals surface area (Å²) in [7, 11) is 0. The second kappa shape index (κ2) is 5.96. The molecular weight excluding hydrogens is 248 g/mol. The maximum atomic E-state index is 11.1. The summed E-state index contributed by atoms with van der Waals surface area (Å²) in [5, 5.41) is 0. The third-order valence-electron chi connectivity index (χ3n) is 5.02. The summed E-state index contributed by atoms with van der Waals surface area (Å²) in [6, 6.07) is 7.75. The maximum Gasteiger partial charge on any atom is 0.248 e. The first-order valence-corrected chi connectivity index (χ1v) is 7.83. The average molecular weight is 272 g/mol. The first-order valence-electron chi connectivity index (χ1n) is 7.83. The van der Waals surface area contributed by atoms with Crippen LogP contribution in [0.1, 0.15) is 48.0 Å². The third-order valence-corrected chi connectivity index (χ3v) is 5.02. The molecule has 1 amide bonds. The lowest BCUT2D eigenvalue weighted by atomic mass is 9.75. The molecule has 3 nitrogen and oxygen atoms in total. The molecule has 1 aliphatic heterocycles. The van der Waals surface area contributed by atoms with E-state index in [0.717, 1.165) is 18.4 Å². The van der Waals surface area contributed by atoms with Gasteiger partial charge in [0.1, 0.15) is 0 Å². The average Bonchev–Trinajstić information content (AvgIpc) is 2.48. The monoisotopic (exact) mass is 272 g/mol. The Kier molecular flexibility index (Phi) is 4.06. The molecule has 1 aromatic carbocycles. The molecule has 3 rings (SSSR count). The number of hydrogen-bond donors (Lipinski definition) is 1. The van der Waals surface area contributed by atoms with Gasteiger partial charge < -0.3 is 5.73 Å². The number of hydrogen-bond acceptors (Lipinski definition) is 2. The number of benzene rings is 1. The van der Waals surface area contributed by atoms with Crippen molar-refractivity contribution < 1.29 is 4.79 Å². The first-order chi connectivity index (χ1) is 9.72. The summed E-state index contributed by atoms with van der Waals surface area (Å²) < 4.78 is 0. The van der Waals surface area contributed by atoms with E-state index in [9.17, 15) is 4.79 Å². The molecule has 0 spiro atoms. The summed E-state index contributed by atoms with van der Waals surface area (Å²) in [5.41, 5.74) is 7.15. The lowest BCUT2D eigenvalue weighted by Crippen LogP contribution is -2.41. The van der Waals surface area contributed by atoms with Gasteiger partial charge in [-0.2, -0.15) is 0 Å². The number of nitrogens with zero attached hydrogens (tertiary/aromatic N) is 1. The predicted molar refractivity (Wildman–Crippen MR) is 80.3 cm³/mol. The second-order valence-corrected chi connectivity index (χ2v) is 6.39. The molecule has 1 aliphatic carbocycles. The van der Waals surface area contributed by atoms with Crippen LogP contribution < -0.4 is 5.73 Å². The molecule has 0 bridgehead atoms. The van der Waals surface area contributed by atoms with Crippen LogP contribution in [0.5, 0.6) is 0 Å². The highest BCUT2D eigenvalue weighted by molar-refractivity contribution is 5.92. The highest BCUT2D eigenvalue weighted by Crippen LogP contribution is 2.36. The van der Waals surface area contributed by atoms with E-state index in [1.54, 1.807) is 0 Å². The van der Waals surface area contributed by atoms with Crippen molar-refractivity contribution in [2.45, 2.75) is 38.6 Å². The van der Waals surface area contributed by atoms with Gasteiger partial charge in [-0.05, 0) is 48.9 Å². The van der Waals surface area contributed by atoms with Crippen LogP contribution in [-0.2, 0) is 6.54 Å². The molecule has 1 heterocycles. The van der Waals surface area contributed by atoms with Crippen molar-refractivity contribution in [3.63, 3.8) is 0 Å². The van der Waals surface area contributed by atoms with Crippen LogP contribution in [0.3, 0.4) is 0 Å². The van der Waals surface area contributed by atoms with Gasteiger partial charge in [0.25, 0.3) is 0 Å². The van der Waals surface area contributed by atoms with Crippen LogP contribution in [0.4, 0.5) is 0 Å². The first kappa shape index (κ1) is 13.6. The molecule has 0 unspecified atom stereocenters. The van der Waals surface area contributed by atoms with Crippen LogP contribution >= 0.6 is 0 Å². The fourth-order valence-electron chi connectivity index (χ4n) is 3.85. The Morgan fingerprint density at radius 2 is 1.80 bits per heavy atom. The van der Waals surface area contributed by atoms with Crippen molar-refractivity contribution in [2.24, 2.45) is 17.6 Å². The van der Waals surface area contributed by atoms with Crippen LogP contribution in [0.2, 0.25) is 0 Å². The van der Waals surface area contributed by atoms with Gasteiger partial charge in [0.15, 0.2) is 0 Å². The minimum Gasteiger partial charge on any atom is -0.366 e. The number of primary amides is 1. The number of fused-ring (bicyclic) bond motifs is 1. The number of piperidine rings is 1. The van der Waals surface area contributed by atoms with Crippen LogP contribution in [-0.4, -0.2) is 23.9 Å². The predicted octanol–water partition coefficient (Wildman–Crippen LogP) is 2.80. The van der Waals surface area contributed by atoms with Gasteiger partial charge in [0, 0.05) is 18.7 Å². The van der Waals surface area contributed by atoms with Crippen molar-refractivity contribution in [1.82, 2.24) is 4.90 Å². The molecule has 1 saturated carbocycles. The number of carbonyl (C=O) groups is 1. The van der Waals surface area contributed by atoms with Gasteiger partial charge in [-0.3, -0.25) is 9.69 Å². The molecule has 1 saturated heterocycles. The van der Waals surface area contributed by atoms with Gasteiger partial charge >= 0.3 is 0 Å². The number of carbonyl (C=O) groups excluding carboxylic acids is 1. The quantitative estimate of drug-likeness (QED) is 0.919. The van der Waals surface area contributed by atoms with Gasteiger partial charge in [-0.1, -0.05) is 31.4 Å². The van der Waals surface area contributed by atoms with E-state index in [0.29, 0.717) is 5.56 Å². The van der Waals surface area contributed by atoms with E-state index in [-0.39, 0.29) is 5.91 Å². The van der Waals surface area contributed by atoms with E-state index in [4.69, 9.17) is 5.73 Å². The largest absolute Gasteiger partial charge is 0.366 e. The minimum absolute atomic E-state index is 0.348. The fraction of sp³-hybridized carbons (Fsp3) is 0.588. The zero-order valence-electron chi connectivity index (χ0n) is 12.1. The zero-order chi connectivity index (χ0) is 13.9. The lowest BCUT2D eigenvalue weighted by Gasteiger charge is -2.41. The highest BCUT2D eigenvalue weighted by Gasteiger charge is 2.30. The summed E-state index contributed by atoms with van der Waals surface area (Å²) in [5.74, 6) is 1.55. The van der Waals surface area contributed by atoms with E-state index in [1.807, 2.05) is 24.3 Å².